The first kappa shape index (κ1) is 19.2. The maximum Gasteiger partial charge on any atom is 0.325 e. The summed E-state index contributed by atoms with van der Waals surface area (Å²) in [6, 6.07) is 14.2. The lowest BCUT2D eigenvalue weighted by atomic mass is 9.95. The minimum Gasteiger partial charge on any atom is -0.507 e. The fraction of sp³-hybridized carbons (Fsp3) is 0.190. The number of rotatable bonds is 5. The molecule has 1 N–H and O–H groups in total. The lowest BCUT2D eigenvalue weighted by Gasteiger charge is -2.24. The van der Waals surface area contributed by atoms with Crippen LogP contribution >= 0.6 is 0 Å². The summed E-state index contributed by atoms with van der Waals surface area (Å²) in [6.07, 6.45) is 0. The fourth-order valence-corrected chi connectivity index (χ4v) is 3.13. The van der Waals surface area contributed by atoms with Crippen LogP contribution in [0.25, 0.3) is 5.76 Å². The number of aliphatic hydroxyl groups is 1. The van der Waals surface area contributed by atoms with Crippen LogP contribution in [0.15, 0.2) is 60.2 Å². The Kier molecular flexibility index (Phi) is 5.44. The van der Waals surface area contributed by atoms with Crippen LogP contribution in [0.1, 0.15) is 17.2 Å². The van der Waals surface area contributed by atoms with E-state index >= 15 is 0 Å². The molecule has 7 nitrogen and oxygen atoms in total. The molecule has 0 radical (unpaired) electrons. The van der Waals surface area contributed by atoms with Gasteiger partial charge in [0.15, 0.2) is 0 Å². The lowest BCUT2D eigenvalue weighted by Crippen LogP contribution is -2.35. The Labute approximate surface area is 161 Å². The van der Waals surface area contributed by atoms with E-state index in [1.807, 2.05) is 0 Å². The number of ether oxygens (including phenoxy) is 2. The number of nitrogens with zero attached hydrogens (tertiary/aromatic N) is 1. The van der Waals surface area contributed by atoms with E-state index in [0.717, 1.165) is 4.90 Å². The first-order valence-corrected chi connectivity index (χ1v) is 8.52. The molecule has 2 aromatic rings. The molecule has 0 saturated carbocycles. The molecule has 2 aromatic carbocycles. The highest BCUT2D eigenvalue weighted by Crippen LogP contribution is 2.39. The number of amides is 1. The summed E-state index contributed by atoms with van der Waals surface area (Å²) in [6.45, 7) is -0.413. The molecule has 1 saturated heterocycles. The predicted octanol–water partition coefficient (Wildman–Crippen LogP) is 2.29. The number of ketones is 1. The van der Waals surface area contributed by atoms with Crippen LogP contribution < -0.4 is 4.74 Å². The largest absolute Gasteiger partial charge is 0.507 e. The fourth-order valence-electron chi connectivity index (χ4n) is 3.13. The van der Waals surface area contributed by atoms with E-state index in [1.165, 1.54) is 14.2 Å². The van der Waals surface area contributed by atoms with Crippen LogP contribution in [0, 0.1) is 0 Å². The second kappa shape index (κ2) is 7.96. The zero-order valence-electron chi connectivity index (χ0n) is 15.4. The number of esters is 1. The molecule has 7 heteroatoms. The van der Waals surface area contributed by atoms with E-state index in [-0.39, 0.29) is 11.3 Å². The smallest absolute Gasteiger partial charge is 0.325 e. The average molecular weight is 381 g/mol. The van der Waals surface area contributed by atoms with Gasteiger partial charge < -0.3 is 19.5 Å². The van der Waals surface area contributed by atoms with Crippen molar-refractivity contribution in [1.29, 1.82) is 0 Å². The first-order chi connectivity index (χ1) is 13.5. The standard InChI is InChI=1S/C21H19NO6/c1-27-15-10-8-13(9-11-15)18-17(19(24)14-6-4-3-5-7-14)20(25)21(26)22(18)12-16(23)28-2/h3-11,18,24H,12H2,1-2H3/b19-17+. The zero-order chi connectivity index (χ0) is 20.3. The SMILES string of the molecule is COC(=O)CN1C(=O)C(=O)/C(=C(/O)c2ccccc2)C1c1ccc(OC)cc1. The molecule has 144 valence electrons. The third kappa shape index (κ3) is 3.46. The Bertz CT molecular complexity index is 933. The number of aliphatic hydroxyl groups excluding tert-OH is 1. The van der Waals surface area contributed by atoms with Crippen molar-refractivity contribution in [2.75, 3.05) is 20.8 Å². The summed E-state index contributed by atoms with van der Waals surface area (Å²) in [5, 5.41) is 10.8. The van der Waals surface area contributed by atoms with Crippen LogP contribution in [0.4, 0.5) is 0 Å². The summed E-state index contributed by atoms with van der Waals surface area (Å²) in [5.74, 6) is -2.10. The molecule has 1 unspecified atom stereocenters. The second-order valence-electron chi connectivity index (χ2n) is 6.14. The monoisotopic (exact) mass is 381 g/mol. The minimum absolute atomic E-state index is 0.0785. The number of methoxy groups -OCH3 is 2. The number of carbonyl (C=O) groups is 3. The minimum atomic E-state index is -0.926. The van der Waals surface area contributed by atoms with E-state index in [2.05, 4.69) is 4.74 Å². The Hall–Kier alpha value is -3.61. The van der Waals surface area contributed by atoms with E-state index in [4.69, 9.17) is 4.74 Å². The predicted molar refractivity (Wildman–Crippen MR) is 100 cm³/mol. The Balaban J connectivity index is 2.16. The summed E-state index contributed by atoms with van der Waals surface area (Å²) in [7, 11) is 2.72. The molecule has 1 heterocycles. The van der Waals surface area contributed by atoms with Gasteiger partial charge in [0.1, 0.15) is 18.1 Å². The van der Waals surface area contributed by atoms with Gasteiger partial charge in [-0.25, -0.2) is 0 Å². The molecule has 28 heavy (non-hydrogen) atoms. The van der Waals surface area contributed by atoms with Crippen LogP contribution in [-0.2, 0) is 19.1 Å². The third-order valence-electron chi connectivity index (χ3n) is 4.55. The number of carbonyl (C=O) groups excluding carboxylic acids is 3. The van der Waals surface area contributed by atoms with Crippen molar-refractivity contribution in [2.45, 2.75) is 6.04 Å². The van der Waals surface area contributed by atoms with Crippen molar-refractivity contribution in [2.24, 2.45) is 0 Å². The van der Waals surface area contributed by atoms with Crippen LogP contribution in [0.5, 0.6) is 5.75 Å². The highest BCUT2D eigenvalue weighted by atomic mass is 16.5. The number of hydrogen-bond donors (Lipinski definition) is 1. The topological polar surface area (TPSA) is 93.1 Å². The van der Waals surface area contributed by atoms with Gasteiger partial charge in [0.2, 0.25) is 0 Å². The van der Waals surface area contributed by atoms with Crippen LogP contribution in [0.2, 0.25) is 0 Å². The Morgan fingerprint density at radius 2 is 1.68 bits per heavy atom. The highest BCUT2D eigenvalue weighted by molar-refractivity contribution is 6.46. The van der Waals surface area contributed by atoms with E-state index in [0.29, 0.717) is 16.9 Å². The third-order valence-corrected chi connectivity index (χ3v) is 4.55. The van der Waals surface area contributed by atoms with Gasteiger partial charge in [-0.05, 0) is 17.7 Å². The van der Waals surface area contributed by atoms with Gasteiger partial charge in [-0.1, -0.05) is 42.5 Å². The highest BCUT2D eigenvalue weighted by Gasteiger charge is 2.46. The van der Waals surface area contributed by atoms with Crippen LogP contribution in [0.3, 0.4) is 0 Å². The quantitative estimate of drug-likeness (QED) is 0.370. The van der Waals surface area contributed by atoms with Gasteiger partial charge in [0, 0.05) is 5.56 Å². The summed E-state index contributed by atoms with van der Waals surface area (Å²) < 4.78 is 9.80. The van der Waals surface area contributed by atoms with Gasteiger partial charge >= 0.3 is 5.97 Å². The molecule has 0 bridgehead atoms. The van der Waals surface area contributed by atoms with E-state index in [9.17, 15) is 19.5 Å². The molecule has 1 amide bonds. The van der Waals surface area contributed by atoms with Crippen molar-refractivity contribution in [3.8, 4) is 5.75 Å². The molecule has 1 atom stereocenters. The van der Waals surface area contributed by atoms with Gasteiger partial charge in [0.25, 0.3) is 11.7 Å². The lowest BCUT2D eigenvalue weighted by molar-refractivity contribution is -0.148. The normalized spacial score (nSPS) is 18.2. The number of benzene rings is 2. The number of hydrogen-bond acceptors (Lipinski definition) is 6. The van der Waals surface area contributed by atoms with Gasteiger partial charge in [0.05, 0.1) is 25.8 Å². The molecule has 1 aliphatic heterocycles. The van der Waals surface area contributed by atoms with Crippen molar-refractivity contribution in [3.63, 3.8) is 0 Å². The van der Waals surface area contributed by atoms with Gasteiger partial charge in [-0.2, -0.15) is 0 Å². The van der Waals surface area contributed by atoms with E-state index < -0.39 is 30.2 Å². The van der Waals surface area contributed by atoms with Crippen molar-refractivity contribution in [1.82, 2.24) is 4.90 Å². The molecular weight excluding hydrogens is 362 g/mol. The summed E-state index contributed by atoms with van der Waals surface area (Å²) in [5.41, 5.74) is 0.878. The van der Waals surface area contributed by atoms with Crippen molar-refractivity contribution >= 4 is 23.4 Å². The second-order valence-corrected chi connectivity index (χ2v) is 6.14. The molecule has 0 spiro atoms. The maximum atomic E-state index is 12.7. The van der Waals surface area contributed by atoms with Crippen molar-refractivity contribution in [3.05, 3.63) is 71.3 Å². The number of likely N-dealkylation sites (tertiary alicyclic amines) is 1. The maximum absolute atomic E-state index is 12.7. The Morgan fingerprint density at radius 3 is 2.25 bits per heavy atom. The zero-order valence-corrected chi connectivity index (χ0v) is 15.4. The van der Waals surface area contributed by atoms with E-state index in [1.54, 1.807) is 54.6 Å². The molecule has 1 fully saturated rings. The molecule has 0 aliphatic carbocycles. The number of Topliss-reactive ketones (excluding diaryl/α,β-unsaturated/α-hetero) is 1. The molecular formula is C21H19NO6. The molecule has 3 rings (SSSR count). The Morgan fingerprint density at radius 1 is 1.04 bits per heavy atom. The summed E-state index contributed by atoms with van der Waals surface area (Å²) >= 11 is 0. The van der Waals surface area contributed by atoms with Gasteiger partial charge in [-0.3, -0.25) is 14.4 Å². The molecule has 1 aliphatic rings. The van der Waals surface area contributed by atoms with Crippen molar-refractivity contribution < 1.29 is 29.0 Å². The average Bonchev–Trinajstić information content (AvgIpc) is 2.98. The van der Waals surface area contributed by atoms with Crippen LogP contribution in [-0.4, -0.2) is 48.4 Å². The molecule has 0 aromatic heterocycles. The first-order valence-electron chi connectivity index (χ1n) is 8.52. The van der Waals surface area contributed by atoms with Gasteiger partial charge in [-0.15, -0.1) is 0 Å². The summed E-state index contributed by atoms with van der Waals surface area (Å²) in [4.78, 5) is 38.2.